The molecule has 0 spiro atoms. The van der Waals surface area contributed by atoms with Crippen molar-refractivity contribution in [1.82, 2.24) is 14.6 Å². The topological polar surface area (TPSA) is 50.2 Å². The molecule has 0 aliphatic heterocycles. The number of fused-ring (bicyclic) bond motifs is 1. The summed E-state index contributed by atoms with van der Waals surface area (Å²) in [5.41, 5.74) is 1.15. The molecule has 0 atom stereocenters. The third-order valence-corrected chi connectivity index (χ3v) is 4.07. The van der Waals surface area contributed by atoms with E-state index in [0.29, 0.717) is 16.8 Å². The number of alkyl halides is 3. The number of rotatable bonds is 2. The number of hydrogen-bond acceptors (Lipinski definition) is 2. The van der Waals surface area contributed by atoms with Crippen LogP contribution in [0.15, 0.2) is 71.7 Å². The Morgan fingerprint density at radius 3 is 2.38 bits per heavy atom. The number of H-pyrrole nitrogens is 1. The molecular formula is C19H12F3N3O. The third-order valence-electron chi connectivity index (χ3n) is 4.07. The van der Waals surface area contributed by atoms with E-state index in [9.17, 15) is 18.0 Å². The lowest BCUT2D eigenvalue weighted by molar-refractivity contribution is -0.137. The van der Waals surface area contributed by atoms with Crippen LogP contribution in [0, 0.1) is 0 Å². The van der Waals surface area contributed by atoms with E-state index in [1.165, 1.54) is 22.8 Å². The van der Waals surface area contributed by atoms with Crippen molar-refractivity contribution >= 4 is 5.65 Å². The molecule has 26 heavy (non-hydrogen) atoms. The summed E-state index contributed by atoms with van der Waals surface area (Å²) in [5.74, 6) is 0. The van der Waals surface area contributed by atoms with Crippen molar-refractivity contribution in [2.24, 2.45) is 0 Å². The Balaban J connectivity index is 1.92. The van der Waals surface area contributed by atoms with Crippen molar-refractivity contribution in [2.45, 2.75) is 6.18 Å². The highest BCUT2D eigenvalue weighted by atomic mass is 19.4. The molecule has 2 aromatic carbocycles. The zero-order valence-corrected chi connectivity index (χ0v) is 13.3. The van der Waals surface area contributed by atoms with Crippen LogP contribution in [0.4, 0.5) is 13.2 Å². The first-order chi connectivity index (χ1) is 12.4. The lowest BCUT2D eigenvalue weighted by Gasteiger charge is -2.08. The van der Waals surface area contributed by atoms with Gasteiger partial charge in [-0.1, -0.05) is 42.5 Å². The van der Waals surface area contributed by atoms with E-state index in [1.807, 2.05) is 30.3 Å². The number of halogens is 3. The molecule has 0 bridgehead atoms. The van der Waals surface area contributed by atoms with Crippen LogP contribution in [0.5, 0.6) is 0 Å². The van der Waals surface area contributed by atoms with E-state index >= 15 is 0 Å². The van der Waals surface area contributed by atoms with Crippen LogP contribution in [0.3, 0.4) is 0 Å². The highest BCUT2D eigenvalue weighted by Crippen LogP contribution is 2.33. The minimum Gasteiger partial charge on any atom is -0.296 e. The molecule has 0 saturated carbocycles. The highest BCUT2D eigenvalue weighted by Gasteiger charge is 2.30. The van der Waals surface area contributed by atoms with Crippen molar-refractivity contribution in [1.29, 1.82) is 0 Å². The van der Waals surface area contributed by atoms with Gasteiger partial charge in [0.15, 0.2) is 5.65 Å². The van der Waals surface area contributed by atoms with Gasteiger partial charge < -0.3 is 0 Å². The van der Waals surface area contributed by atoms with Crippen LogP contribution in [0.2, 0.25) is 0 Å². The number of nitrogens with one attached hydrogen (secondary N) is 1. The van der Waals surface area contributed by atoms with E-state index < -0.39 is 11.7 Å². The van der Waals surface area contributed by atoms with Crippen molar-refractivity contribution in [2.75, 3.05) is 0 Å². The average molecular weight is 355 g/mol. The molecule has 0 aliphatic rings. The summed E-state index contributed by atoms with van der Waals surface area (Å²) in [6.07, 6.45) is -2.96. The van der Waals surface area contributed by atoms with Crippen molar-refractivity contribution in [3.63, 3.8) is 0 Å². The summed E-state index contributed by atoms with van der Waals surface area (Å²) >= 11 is 0. The molecule has 4 nitrogen and oxygen atoms in total. The fraction of sp³-hybridized carbons (Fsp3) is 0.0526. The fourth-order valence-electron chi connectivity index (χ4n) is 2.81. The van der Waals surface area contributed by atoms with Gasteiger partial charge in [0.2, 0.25) is 0 Å². The molecule has 0 saturated heterocycles. The maximum absolute atomic E-state index is 13.0. The lowest BCUT2D eigenvalue weighted by atomic mass is 10.1. The van der Waals surface area contributed by atoms with Gasteiger partial charge in [-0.15, -0.1) is 0 Å². The first kappa shape index (κ1) is 16.1. The molecule has 2 heterocycles. The van der Waals surface area contributed by atoms with Gasteiger partial charge >= 0.3 is 6.18 Å². The van der Waals surface area contributed by atoms with Crippen LogP contribution >= 0.6 is 0 Å². The third kappa shape index (κ3) is 2.77. The van der Waals surface area contributed by atoms with Crippen LogP contribution in [-0.2, 0) is 6.18 Å². The summed E-state index contributed by atoms with van der Waals surface area (Å²) < 4.78 is 40.2. The van der Waals surface area contributed by atoms with E-state index in [4.69, 9.17) is 0 Å². The molecule has 130 valence electrons. The first-order valence-corrected chi connectivity index (χ1v) is 7.78. The molecule has 0 unspecified atom stereocenters. The Morgan fingerprint density at radius 1 is 0.923 bits per heavy atom. The van der Waals surface area contributed by atoms with Crippen molar-refractivity contribution in [3.05, 3.63) is 82.8 Å². The first-order valence-electron chi connectivity index (χ1n) is 7.78. The predicted molar refractivity (Wildman–Crippen MR) is 91.7 cm³/mol. The molecule has 7 heteroatoms. The zero-order chi connectivity index (χ0) is 18.3. The zero-order valence-electron chi connectivity index (χ0n) is 13.3. The van der Waals surface area contributed by atoms with Crippen LogP contribution in [0.1, 0.15) is 5.56 Å². The second-order valence-electron chi connectivity index (χ2n) is 5.77. The molecule has 0 radical (unpaired) electrons. The molecule has 0 fully saturated rings. The van der Waals surface area contributed by atoms with Gasteiger partial charge in [-0.2, -0.15) is 13.2 Å². The SMILES string of the molecule is O=c1cc(-c2ccccc2)nc2c(-c3cccc(C(F)(F)F)c3)c[nH]n12. The van der Waals surface area contributed by atoms with Gasteiger partial charge in [0.05, 0.1) is 11.3 Å². The quantitative estimate of drug-likeness (QED) is 0.580. The highest BCUT2D eigenvalue weighted by molar-refractivity contribution is 5.78. The van der Waals surface area contributed by atoms with Crippen LogP contribution in [-0.4, -0.2) is 14.6 Å². The fourth-order valence-corrected chi connectivity index (χ4v) is 2.81. The molecule has 0 amide bonds. The molecule has 4 aromatic rings. The van der Waals surface area contributed by atoms with Gasteiger partial charge in [0, 0.05) is 23.4 Å². The second kappa shape index (κ2) is 5.87. The average Bonchev–Trinajstić information content (AvgIpc) is 3.06. The summed E-state index contributed by atoms with van der Waals surface area (Å²) in [5, 5.41) is 2.75. The van der Waals surface area contributed by atoms with E-state index in [-0.39, 0.29) is 11.2 Å². The van der Waals surface area contributed by atoms with E-state index in [1.54, 1.807) is 6.07 Å². The Labute approximate surface area is 145 Å². The van der Waals surface area contributed by atoms with Gasteiger partial charge in [-0.05, 0) is 17.7 Å². The summed E-state index contributed by atoms with van der Waals surface area (Å²) in [6.45, 7) is 0. The maximum atomic E-state index is 13.0. The molecule has 1 N–H and O–H groups in total. The number of hydrogen-bond donors (Lipinski definition) is 1. The van der Waals surface area contributed by atoms with Gasteiger partial charge in [0.25, 0.3) is 5.56 Å². The van der Waals surface area contributed by atoms with Crippen LogP contribution < -0.4 is 5.56 Å². The maximum Gasteiger partial charge on any atom is 0.416 e. The normalized spacial score (nSPS) is 11.8. The largest absolute Gasteiger partial charge is 0.416 e. The van der Waals surface area contributed by atoms with Crippen molar-refractivity contribution in [3.8, 4) is 22.4 Å². The minimum absolute atomic E-state index is 0.274. The van der Waals surface area contributed by atoms with Crippen molar-refractivity contribution < 1.29 is 13.2 Å². The summed E-state index contributed by atoms with van der Waals surface area (Å²) in [4.78, 5) is 16.8. The number of aromatic nitrogens is 3. The van der Waals surface area contributed by atoms with Gasteiger partial charge in [0.1, 0.15) is 0 Å². The number of nitrogens with zero attached hydrogens (tertiary/aromatic N) is 2. The van der Waals surface area contributed by atoms with E-state index in [0.717, 1.165) is 17.7 Å². The molecule has 0 aliphatic carbocycles. The Kier molecular flexibility index (Phi) is 3.64. The van der Waals surface area contributed by atoms with E-state index in [2.05, 4.69) is 10.1 Å². The predicted octanol–water partition coefficient (Wildman–Crippen LogP) is 4.38. The molecule has 4 rings (SSSR count). The van der Waals surface area contributed by atoms with Gasteiger partial charge in [-0.25, -0.2) is 9.50 Å². The summed E-state index contributed by atoms with van der Waals surface area (Å²) in [7, 11) is 0. The Bertz CT molecular complexity index is 1140. The number of aromatic amines is 1. The van der Waals surface area contributed by atoms with Crippen LogP contribution in [0.25, 0.3) is 28.0 Å². The molecule has 2 aromatic heterocycles. The Hall–Kier alpha value is -3.35. The monoisotopic (exact) mass is 355 g/mol. The molecular weight excluding hydrogens is 343 g/mol. The minimum atomic E-state index is -4.44. The second-order valence-corrected chi connectivity index (χ2v) is 5.77. The Morgan fingerprint density at radius 2 is 1.65 bits per heavy atom. The van der Waals surface area contributed by atoms with Gasteiger partial charge in [-0.3, -0.25) is 9.89 Å². The summed E-state index contributed by atoms with van der Waals surface area (Å²) in [6, 6.07) is 15.4. The number of benzene rings is 2. The smallest absolute Gasteiger partial charge is 0.296 e. The standard InChI is InChI=1S/C19H12F3N3O/c20-19(21,22)14-8-4-7-13(9-14)15-11-23-25-17(26)10-16(24-18(15)25)12-5-2-1-3-6-12/h1-11,23H. The lowest BCUT2D eigenvalue weighted by Crippen LogP contribution is -2.14.